The van der Waals surface area contributed by atoms with Crippen LogP contribution in [0.1, 0.15) is 25.3 Å². The first-order valence-corrected chi connectivity index (χ1v) is 11.6. The molecular weight excluding hydrogens is 413 g/mol. The fourth-order valence-electron chi connectivity index (χ4n) is 4.13. The molecule has 3 heterocycles. The molecule has 1 fully saturated rings. The summed E-state index contributed by atoms with van der Waals surface area (Å²) in [7, 11) is 0. The number of fused-ring (bicyclic) bond motifs is 3. The van der Waals surface area contributed by atoms with Gasteiger partial charge in [0.2, 0.25) is 11.7 Å². The Kier molecular flexibility index (Phi) is 5.40. The van der Waals surface area contributed by atoms with Gasteiger partial charge in [-0.15, -0.1) is 10.2 Å². The highest BCUT2D eigenvalue weighted by molar-refractivity contribution is 7.99. The van der Waals surface area contributed by atoms with Crippen molar-refractivity contribution < 1.29 is 9.18 Å². The molecule has 0 atom stereocenters. The first-order valence-electron chi connectivity index (χ1n) is 10.6. The van der Waals surface area contributed by atoms with E-state index in [1.165, 1.54) is 23.9 Å². The number of carbonyl (C=O) groups is 1. The maximum Gasteiger partial charge on any atom is 0.237 e. The van der Waals surface area contributed by atoms with Gasteiger partial charge in [-0.1, -0.05) is 43.0 Å². The fourth-order valence-corrected chi connectivity index (χ4v) is 4.98. The van der Waals surface area contributed by atoms with E-state index in [1.54, 1.807) is 12.1 Å². The molecule has 4 aromatic rings. The number of hydrogen-bond acceptors (Lipinski definition) is 4. The summed E-state index contributed by atoms with van der Waals surface area (Å²) in [5.41, 5.74) is 3.00. The van der Waals surface area contributed by atoms with Crippen LogP contribution in [0.5, 0.6) is 0 Å². The van der Waals surface area contributed by atoms with E-state index < -0.39 is 0 Å². The van der Waals surface area contributed by atoms with Crippen molar-refractivity contribution in [2.45, 2.75) is 31.5 Å². The summed E-state index contributed by atoms with van der Waals surface area (Å²) in [6.45, 7) is 4.48. The number of para-hydroxylation sites is 2. The Morgan fingerprint density at radius 3 is 2.52 bits per heavy atom. The van der Waals surface area contributed by atoms with Crippen LogP contribution in [0, 0.1) is 11.7 Å². The summed E-state index contributed by atoms with van der Waals surface area (Å²) in [6, 6.07) is 14.6. The van der Waals surface area contributed by atoms with Gasteiger partial charge in [0.1, 0.15) is 5.82 Å². The Balaban J connectivity index is 1.43. The van der Waals surface area contributed by atoms with E-state index in [2.05, 4.69) is 21.7 Å². The lowest BCUT2D eigenvalue weighted by Crippen LogP contribution is -2.38. The van der Waals surface area contributed by atoms with Crippen LogP contribution in [0.15, 0.2) is 53.7 Å². The molecule has 0 unspecified atom stereocenters. The number of hydrogen-bond donors (Lipinski definition) is 0. The average Bonchev–Trinajstić information content (AvgIpc) is 3.33. The summed E-state index contributed by atoms with van der Waals surface area (Å²) in [5, 5.41) is 9.51. The van der Waals surface area contributed by atoms with Crippen LogP contribution >= 0.6 is 11.8 Å². The maximum atomic E-state index is 13.3. The van der Waals surface area contributed by atoms with Crippen molar-refractivity contribution in [2.24, 2.45) is 5.92 Å². The second kappa shape index (κ2) is 8.34. The summed E-state index contributed by atoms with van der Waals surface area (Å²) in [4.78, 5) is 14.6. The van der Waals surface area contributed by atoms with Crippen LogP contribution < -0.4 is 0 Å². The van der Waals surface area contributed by atoms with Gasteiger partial charge in [-0.2, -0.15) is 0 Å². The quantitative estimate of drug-likeness (QED) is 0.439. The maximum absolute atomic E-state index is 13.3. The third-order valence-electron chi connectivity index (χ3n) is 5.99. The van der Waals surface area contributed by atoms with Gasteiger partial charge < -0.3 is 9.47 Å². The topological polar surface area (TPSA) is 55.4 Å². The largest absolute Gasteiger partial charge is 0.342 e. The van der Waals surface area contributed by atoms with Gasteiger partial charge in [0.05, 0.1) is 23.3 Å². The van der Waals surface area contributed by atoms with Gasteiger partial charge >= 0.3 is 0 Å². The van der Waals surface area contributed by atoms with E-state index in [4.69, 9.17) is 0 Å². The molecule has 1 saturated heterocycles. The molecule has 0 aliphatic carbocycles. The Bertz CT molecular complexity index is 1220. The van der Waals surface area contributed by atoms with Crippen LogP contribution in [-0.4, -0.2) is 48.8 Å². The number of likely N-dealkylation sites (tertiary alicyclic amines) is 1. The van der Waals surface area contributed by atoms with Crippen molar-refractivity contribution in [3.8, 4) is 0 Å². The van der Waals surface area contributed by atoms with Crippen molar-refractivity contribution in [2.75, 3.05) is 18.8 Å². The van der Waals surface area contributed by atoms with Crippen molar-refractivity contribution in [3.63, 3.8) is 0 Å². The Morgan fingerprint density at radius 2 is 1.77 bits per heavy atom. The number of piperidine rings is 1. The monoisotopic (exact) mass is 437 g/mol. The van der Waals surface area contributed by atoms with Crippen LogP contribution in [0.25, 0.3) is 16.8 Å². The molecule has 1 aliphatic rings. The van der Waals surface area contributed by atoms with Crippen molar-refractivity contribution in [1.82, 2.24) is 24.1 Å². The summed E-state index contributed by atoms with van der Waals surface area (Å²) in [5.74, 6) is 1.67. The zero-order chi connectivity index (χ0) is 21.4. The second-order valence-electron chi connectivity index (χ2n) is 8.17. The lowest BCUT2D eigenvalue weighted by molar-refractivity contribution is -0.129. The lowest BCUT2D eigenvalue weighted by Gasteiger charge is -2.30. The van der Waals surface area contributed by atoms with Gasteiger partial charge in [0, 0.05) is 13.1 Å². The van der Waals surface area contributed by atoms with E-state index in [0.717, 1.165) is 42.5 Å². The molecule has 1 amide bonds. The molecule has 31 heavy (non-hydrogen) atoms. The third-order valence-corrected chi connectivity index (χ3v) is 6.90. The van der Waals surface area contributed by atoms with E-state index in [-0.39, 0.29) is 11.7 Å². The first-order chi connectivity index (χ1) is 15.1. The third kappa shape index (κ3) is 3.92. The summed E-state index contributed by atoms with van der Waals surface area (Å²) in [6.07, 6.45) is 2.14. The number of nitrogens with zero attached hydrogens (tertiary/aromatic N) is 5. The molecule has 6 nitrogen and oxygen atoms in total. The van der Waals surface area contributed by atoms with Crippen LogP contribution in [0.2, 0.25) is 0 Å². The highest BCUT2D eigenvalue weighted by Gasteiger charge is 2.22. The molecule has 0 spiro atoms. The molecule has 5 rings (SSSR count). The molecule has 0 radical (unpaired) electrons. The number of aromatic nitrogens is 4. The van der Waals surface area contributed by atoms with E-state index >= 15 is 0 Å². The number of imidazole rings is 1. The van der Waals surface area contributed by atoms with Crippen molar-refractivity contribution in [3.05, 3.63) is 59.9 Å². The molecular formula is C23H24FN5OS. The SMILES string of the molecule is CC1CCN(C(=O)CSc2nnc3n(Cc4ccc(F)cc4)c4ccccc4n23)CC1. The number of halogens is 1. The van der Waals surface area contributed by atoms with Crippen LogP contribution in [0.4, 0.5) is 4.39 Å². The zero-order valence-corrected chi connectivity index (χ0v) is 18.2. The van der Waals surface area contributed by atoms with Gasteiger partial charge in [-0.25, -0.2) is 4.39 Å². The highest BCUT2D eigenvalue weighted by Crippen LogP contribution is 2.27. The standard InChI is InChI=1S/C23H24FN5OS/c1-16-10-12-27(13-11-16)21(30)15-31-23-26-25-22-28(14-17-6-8-18(24)9-7-17)19-4-2-3-5-20(19)29(22)23/h2-9,16H,10-15H2,1H3. The van der Waals surface area contributed by atoms with Crippen LogP contribution in [0.3, 0.4) is 0 Å². The number of thioether (sulfide) groups is 1. The van der Waals surface area contributed by atoms with E-state index in [0.29, 0.717) is 29.1 Å². The fraction of sp³-hybridized carbons (Fsp3) is 0.348. The Morgan fingerprint density at radius 1 is 1.06 bits per heavy atom. The molecule has 1 aliphatic heterocycles. The summed E-state index contributed by atoms with van der Waals surface area (Å²) < 4.78 is 17.4. The second-order valence-corrected chi connectivity index (χ2v) is 9.11. The van der Waals surface area contributed by atoms with Gasteiger partial charge in [-0.05, 0) is 48.6 Å². The number of amides is 1. The van der Waals surface area contributed by atoms with Gasteiger partial charge in [-0.3, -0.25) is 9.20 Å². The average molecular weight is 438 g/mol. The van der Waals surface area contributed by atoms with E-state index in [1.807, 2.05) is 33.6 Å². The predicted octanol–water partition coefficient (Wildman–Crippen LogP) is 4.22. The highest BCUT2D eigenvalue weighted by atomic mass is 32.2. The minimum atomic E-state index is -0.250. The van der Waals surface area contributed by atoms with Gasteiger partial charge in [0.25, 0.3) is 0 Å². The first kappa shape index (κ1) is 20.1. The van der Waals surface area contributed by atoms with Crippen molar-refractivity contribution >= 4 is 34.5 Å². The van der Waals surface area contributed by atoms with Crippen LogP contribution in [-0.2, 0) is 11.3 Å². The lowest BCUT2D eigenvalue weighted by atomic mass is 9.99. The molecule has 0 N–H and O–H groups in total. The molecule has 0 bridgehead atoms. The predicted molar refractivity (Wildman–Crippen MR) is 120 cm³/mol. The minimum Gasteiger partial charge on any atom is -0.342 e. The Labute approximate surface area is 184 Å². The molecule has 2 aromatic heterocycles. The molecule has 0 saturated carbocycles. The van der Waals surface area contributed by atoms with Crippen molar-refractivity contribution in [1.29, 1.82) is 0 Å². The summed E-state index contributed by atoms with van der Waals surface area (Å²) >= 11 is 1.43. The number of carbonyl (C=O) groups excluding carboxylic acids is 1. The normalized spacial score (nSPS) is 15.2. The minimum absolute atomic E-state index is 0.156. The molecule has 8 heteroatoms. The Hall–Kier alpha value is -2.87. The smallest absolute Gasteiger partial charge is 0.237 e. The number of benzene rings is 2. The zero-order valence-electron chi connectivity index (χ0n) is 17.4. The number of rotatable bonds is 5. The van der Waals surface area contributed by atoms with E-state index in [9.17, 15) is 9.18 Å². The van der Waals surface area contributed by atoms with Gasteiger partial charge in [0.15, 0.2) is 5.16 Å². The molecule has 2 aromatic carbocycles. The molecule has 160 valence electrons.